The summed E-state index contributed by atoms with van der Waals surface area (Å²) >= 11 is 0. The van der Waals surface area contributed by atoms with Gasteiger partial charge >= 0.3 is 0 Å². The normalized spacial score (nSPS) is 19.6. The van der Waals surface area contributed by atoms with Gasteiger partial charge in [0.15, 0.2) is 0 Å². The summed E-state index contributed by atoms with van der Waals surface area (Å²) in [5.41, 5.74) is 5.20. The van der Waals surface area contributed by atoms with Gasteiger partial charge in [-0.3, -0.25) is 4.90 Å². The Kier molecular flexibility index (Phi) is 2.84. The number of rotatable bonds is 1. The lowest BCUT2D eigenvalue weighted by molar-refractivity contribution is 0.247. The molecule has 1 atom stereocenters. The van der Waals surface area contributed by atoms with Crippen molar-refractivity contribution in [3.63, 3.8) is 0 Å². The van der Waals surface area contributed by atoms with Gasteiger partial charge in [0.25, 0.3) is 0 Å². The van der Waals surface area contributed by atoms with Crippen molar-refractivity contribution in [2.24, 2.45) is 0 Å². The van der Waals surface area contributed by atoms with Crippen molar-refractivity contribution in [1.82, 2.24) is 14.9 Å². The summed E-state index contributed by atoms with van der Waals surface area (Å²) in [4.78, 5) is 10.6. The summed E-state index contributed by atoms with van der Waals surface area (Å²) < 4.78 is 0. The number of fused-ring (bicyclic) bond motifs is 1. The van der Waals surface area contributed by atoms with Crippen LogP contribution in [0.2, 0.25) is 0 Å². The van der Waals surface area contributed by atoms with Gasteiger partial charge in [0.2, 0.25) is 0 Å². The zero-order valence-electron chi connectivity index (χ0n) is 10.8. The van der Waals surface area contributed by atoms with E-state index in [9.17, 15) is 0 Å². The van der Waals surface area contributed by atoms with Gasteiger partial charge in [0.1, 0.15) is 6.33 Å². The number of hydrogen-bond donors (Lipinski definition) is 0. The third kappa shape index (κ3) is 1.91. The van der Waals surface area contributed by atoms with Crippen molar-refractivity contribution in [1.29, 1.82) is 0 Å². The Bertz CT molecular complexity index is 551. The first kappa shape index (κ1) is 11.4. The molecule has 0 spiro atoms. The van der Waals surface area contributed by atoms with E-state index in [1.807, 2.05) is 12.4 Å². The minimum absolute atomic E-state index is 0.485. The van der Waals surface area contributed by atoms with E-state index in [-0.39, 0.29) is 0 Å². The molecule has 1 aliphatic rings. The second kappa shape index (κ2) is 4.50. The van der Waals surface area contributed by atoms with Crippen LogP contribution in [0, 0.1) is 0 Å². The maximum atomic E-state index is 4.09. The molecule has 3 nitrogen and oxygen atoms in total. The van der Waals surface area contributed by atoms with Crippen molar-refractivity contribution < 1.29 is 0 Å². The van der Waals surface area contributed by atoms with E-state index in [0.29, 0.717) is 6.04 Å². The first-order chi connectivity index (χ1) is 8.75. The lowest BCUT2D eigenvalue weighted by Crippen LogP contribution is -2.30. The van der Waals surface area contributed by atoms with Gasteiger partial charge in [0.05, 0.1) is 0 Å². The molecular weight excluding hydrogens is 222 g/mol. The van der Waals surface area contributed by atoms with Crippen LogP contribution >= 0.6 is 0 Å². The van der Waals surface area contributed by atoms with Gasteiger partial charge in [-0.1, -0.05) is 12.1 Å². The van der Waals surface area contributed by atoms with Gasteiger partial charge in [0, 0.05) is 30.5 Å². The average Bonchev–Trinajstić information content (AvgIpc) is 2.44. The third-order valence-corrected chi connectivity index (χ3v) is 3.88. The molecule has 1 unspecified atom stereocenters. The second-order valence-corrected chi connectivity index (χ2v) is 4.95. The molecule has 1 aromatic heterocycles. The predicted molar refractivity (Wildman–Crippen MR) is 72.2 cm³/mol. The monoisotopic (exact) mass is 239 g/mol. The Labute approximate surface area is 108 Å². The van der Waals surface area contributed by atoms with Crippen LogP contribution < -0.4 is 0 Å². The Morgan fingerprint density at radius 1 is 1.17 bits per heavy atom. The Morgan fingerprint density at radius 3 is 2.72 bits per heavy atom. The van der Waals surface area contributed by atoms with Crippen LogP contribution in [0.25, 0.3) is 11.1 Å². The van der Waals surface area contributed by atoms with Crippen molar-refractivity contribution in [2.75, 3.05) is 13.6 Å². The summed E-state index contributed by atoms with van der Waals surface area (Å²) in [5.74, 6) is 0. The van der Waals surface area contributed by atoms with Crippen molar-refractivity contribution >= 4 is 0 Å². The number of hydrogen-bond acceptors (Lipinski definition) is 3. The van der Waals surface area contributed by atoms with Crippen LogP contribution in [0.4, 0.5) is 0 Å². The summed E-state index contributed by atoms with van der Waals surface area (Å²) in [6.45, 7) is 3.41. The number of nitrogens with zero attached hydrogens (tertiary/aromatic N) is 3. The van der Waals surface area contributed by atoms with Crippen LogP contribution in [0.1, 0.15) is 24.1 Å². The topological polar surface area (TPSA) is 29.0 Å². The van der Waals surface area contributed by atoms with E-state index >= 15 is 0 Å². The largest absolute Gasteiger partial charge is 0.299 e. The molecular formula is C15H17N3. The standard InChI is InChI=1S/C15H17N3/c1-11-15-7-13(14-8-16-10-17-9-14)4-3-12(15)5-6-18(11)2/h3-4,7-11H,5-6H2,1-2H3. The predicted octanol–water partition coefficient (Wildman–Crippen LogP) is 2.69. The third-order valence-electron chi connectivity index (χ3n) is 3.88. The van der Waals surface area contributed by atoms with E-state index in [4.69, 9.17) is 0 Å². The molecule has 0 saturated heterocycles. The molecule has 1 aromatic carbocycles. The Balaban J connectivity index is 2.05. The van der Waals surface area contributed by atoms with E-state index in [1.165, 1.54) is 16.7 Å². The van der Waals surface area contributed by atoms with E-state index in [0.717, 1.165) is 18.5 Å². The van der Waals surface area contributed by atoms with Crippen LogP contribution in [-0.2, 0) is 6.42 Å². The van der Waals surface area contributed by atoms with Gasteiger partial charge in [-0.2, -0.15) is 0 Å². The molecule has 3 rings (SSSR count). The Morgan fingerprint density at radius 2 is 1.94 bits per heavy atom. The van der Waals surface area contributed by atoms with Crippen LogP contribution in [0.5, 0.6) is 0 Å². The van der Waals surface area contributed by atoms with Crippen LogP contribution in [0.3, 0.4) is 0 Å². The molecule has 3 heteroatoms. The molecule has 2 aromatic rings. The molecule has 1 aliphatic heterocycles. The highest BCUT2D eigenvalue weighted by Crippen LogP contribution is 2.31. The Hall–Kier alpha value is -1.74. The molecule has 0 saturated carbocycles. The molecule has 0 aliphatic carbocycles. The quantitative estimate of drug-likeness (QED) is 0.766. The number of likely N-dealkylation sites (N-methyl/N-ethyl adjacent to an activating group) is 1. The molecule has 0 bridgehead atoms. The van der Waals surface area contributed by atoms with Crippen LogP contribution in [-0.4, -0.2) is 28.5 Å². The van der Waals surface area contributed by atoms with E-state index < -0.39 is 0 Å². The smallest absolute Gasteiger partial charge is 0.115 e. The van der Waals surface area contributed by atoms with Crippen molar-refractivity contribution in [2.45, 2.75) is 19.4 Å². The molecule has 92 valence electrons. The van der Waals surface area contributed by atoms with Gasteiger partial charge in [-0.05, 0) is 43.1 Å². The minimum atomic E-state index is 0.485. The lowest BCUT2D eigenvalue weighted by atomic mass is 9.91. The van der Waals surface area contributed by atoms with Crippen molar-refractivity contribution in [3.05, 3.63) is 48.0 Å². The second-order valence-electron chi connectivity index (χ2n) is 4.95. The van der Waals surface area contributed by atoms with E-state index in [2.05, 4.69) is 47.0 Å². The fourth-order valence-corrected chi connectivity index (χ4v) is 2.57. The number of aromatic nitrogens is 2. The highest BCUT2D eigenvalue weighted by molar-refractivity contribution is 5.63. The van der Waals surface area contributed by atoms with Gasteiger partial charge < -0.3 is 0 Å². The van der Waals surface area contributed by atoms with Crippen molar-refractivity contribution in [3.8, 4) is 11.1 Å². The van der Waals surface area contributed by atoms with E-state index in [1.54, 1.807) is 6.33 Å². The summed E-state index contributed by atoms with van der Waals surface area (Å²) in [7, 11) is 2.19. The molecule has 0 N–H and O–H groups in total. The molecule has 0 radical (unpaired) electrons. The van der Waals surface area contributed by atoms with Gasteiger partial charge in [-0.25, -0.2) is 9.97 Å². The van der Waals surface area contributed by atoms with Crippen LogP contribution in [0.15, 0.2) is 36.9 Å². The maximum Gasteiger partial charge on any atom is 0.115 e. The summed E-state index contributed by atoms with van der Waals surface area (Å²) in [5, 5.41) is 0. The minimum Gasteiger partial charge on any atom is -0.299 e. The number of benzene rings is 1. The average molecular weight is 239 g/mol. The fourth-order valence-electron chi connectivity index (χ4n) is 2.57. The maximum absolute atomic E-state index is 4.09. The zero-order valence-corrected chi connectivity index (χ0v) is 10.8. The lowest BCUT2D eigenvalue weighted by Gasteiger charge is -2.32. The SMILES string of the molecule is CC1c2cc(-c3cncnc3)ccc2CCN1C. The summed E-state index contributed by atoms with van der Waals surface area (Å²) in [6.07, 6.45) is 6.44. The zero-order chi connectivity index (χ0) is 12.5. The van der Waals surface area contributed by atoms with Gasteiger partial charge in [-0.15, -0.1) is 0 Å². The highest BCUT2D eigenvalue weighted by Gasteiger charge is 2.20. The summed E-state index contributed by atoms with van der Waals surface area (Å²) in [6, 6.07) is 7.20. The first-order valence-electron chi connectivity index (χ1n) is 6.34. The molecule has 18 heavy (non-hydrogen) atoms. The first-order valence-corrected chi connectivity index (χ1v) is 6.34. The molecule has 0 amide bonds. The highest BCUT2D eigenvalue weighted by atomic mass is 15.1. The fraction of sp³-hybridized carbons (Fsp3) is 0.333. The molecule has 0 fully saturated rings. The molecule has 2 heterocycles.